The van der Waals surface area contributed by atoms with Crippen LogP contribution >= 0.6 is 0 Å². The highest BCUT2D eigenvalue weighted by molar-refractivity contribution is 5.78. The van der Waals surface area contributed by atoms with E-state index < -0.39 is 5.92 Å². The molecule has 0 fully saturated rings. The lowest BCUT2D eigenvalue weighted by Gasteiger charge is -2.26. The molecular formula is C33H32N2O. The van der Waals surface area contributed by atoms with Crippen molar-refractivity contribution in [2.75, 3.05) is 11.9 Å². The molecule has 0 aliphatic heterocycles. The van der Waals surface area contributed by atoms with E-state index in [1.807, 2.05) is 30.3 Å². The first-order chi connectivity index (χ1) is 17.3. The predicted octanol–water partition coefficient (Wildman–Crippen LogP) is 7.49. The van der Waals surface area contributed by atoms with E-state index in [0.29, 0.717) is 5.56 Å². The van der Waals surface area contributed by atoms with Gasteiger partial charge in [0.15, 0.2) is 0 Å². The lowest BCUT2D eigenvalue weighted by molar-refractivity contribution is -0.108. The van der Waals surface area contributed by atoms with Crippen LogP contribution in [-0.2, 0) is 16.8 Å². The highest BCUT2D eigenvalue weighted by atomic mass is 16.1. The summed E-state index contributed by atoms with van der Waals surface area (Å²) in [6.45, 7) is 7.38. The Morgan fingerprint density at radius 2 is 1.50 bits per heavy atom. The lowest BCUT2D eigenvalue weighted by Crippen LogP contribution is -2.19. The number of nitriles is 1. The molecule has 0 amide bonds. The van der Waals surface area contributed by atoms with Gasteiger partial charge in [0.2, 0.25) is 0 Å². The number of anilines is 1. The first-order valence-electron chi connectivity index (χ1n) is 12.3. The number of benzene rings is 4. The van der Waals surface area contributed by atoms with Crippen molar-refractivity contribution in [2.45, 2.75) is 38.6 Å². The van der Waals surface area contributed by atoms with E-state index in [-0.39, 0.29) is 5.41 Å². The maximum atomic E-state index is 12.4. The standard InChI is InChI=1S/C33H32N2O/c1-33(2,3)29-17-14-26(15-18-29)28-16-19-30(31(23-36)27-12-10-24(21-34)11-13-27)32(20-28)35(4)22-25-8-6-5-7-9-25/h5-20,23,31H,22H2,1-4H3. The molecule has 180 valence electrons. The van der Waals surface area contributed by atoms with Crippen LogP contribution in [0.1, 0.15) is 54.5 Å². The van der Waals surface area contributed by atoms with Crippen LogP contribution in [0.2, 0.25) is 0 Å². The van der Waals surface area contributed by atoms with E-state index in [1.165, 1.54) is 11.1 Å². The molecule has 36 heavy (non-hydrogen) atoms. The number of aldehydes is 1. The zero-order valence-electron chi connectivity index (χ0n) is 21.4. The topological polar surface area (TPSA) is 44.1 Å². The zero-order valence-corrected chi connectivity index (χ0v) is 21.4. The average Bonchev–Trinajstić information content (AvgIpc) is 2.90. The molecule has 0 aromatic heterocycles. The Bertz CT molecular complexity index is 1360. The van der Waals surface area contributed by atoms with Crippen LogP contribution in [0.5, 0.6) is 0 Å². The minimum absolute atomic E-state index is 0.0989. The number of carbonyl (C=O) groups excluding carboxylic acids is 1. The Kier molecular flexibility index (Phi) is 7.36. The molecule has 0 N–H and O–H groups in total. The average molecular weight is 473 g/mol. The molecule has 4 aromatic carbocycles. The summed E-state index contributed by atoms with van der Waals surface area (Å²) in [6.07, 6.45) is 0.994. The maximum absolute atomic E-state index is 12.4. The Labute approximate surface area is 214 Å². The third-order valence-electron chi connectivity index (χ3n) is 6.66. The van der Waals surface area contributed by atoms with Gasteiger partial charge in [-0.15, -0.1) is 0 Å². The smallest absolute Gasteiger partial charge is 0.131 e. The van der Waals surface area contributed by atoms with Crippen LogP contribution in [-0.4, -0.2) is 13.3 Å². The Balaban J connectivity index is 1.78. The van der Waals surface area contributed by atoms with E-state index in [9.17, 15) is 10.1 Å². The van der Waals surface area contributed by atoms with E-state index >= 15 is 0 Å². The van der Waals surface area contributed by atoms with Crippen LogP contribution in [0.4, 0.5) is 5.69 Å². The van der Waals surface area contributed by atoms with Gasteiger partial charge in [0.1, 0.15) is 6.29 Å². The van der Waals surface area contributed by atoms with Crippen molar-refractivity contribution in [1.29, 1.82) is 5.26 Å². The van der Waals surface area contributed by atoms with Crippen molar-refractivity contribution in [3.05, 3.63) is 125 Å². The molecule has 0 aliphatic rings. The number of rotatable bonds is 7. The molecule has 0 saturated heterocycles. The van der Waals surface area contributed by atoms with Gasteiger partial charge in [0, 0.05) is 19.3 Å². The fraction of sp³-hybridized carbons (Fsp3) is 0.212. The summed E-state index contributed by atoms with van der Waals surface area (Å²) in [4.78, 5) is 14.6. The van der Waals surface area contributed by atoms with Gasteiger partial charge in [-0.05, 0) is 57.0 Å². The van der Waals surface area contributed by atoms with Crippen molar-refractivity contribution >= 4 is 12.0 Å². The molecule has 4 aromatic rings. The molecular weight excluding hydrogens is 440 g/mol. The quantitative estimate of drug-likeness (QED) is 0.262. The summed E-state index contributed by atoms with van der Waals surface area (Å²) >= 11 is 0. The third kappa shape index (κ3) is 5.56. The van der Waals surface area contributed by atoms with E-state index in [0.717, 1.165) is 40.8 Å². The summed E-state index contributed by atoms with van der Waals surface area (Å²) in [7, 11) is 2.07. The number of hydrogen-bond acceptors (Lipinski definition) is 3. The second-order valence-electron chi connectivity index (χ2n) is 10.3. The van der Waals surface area contributed by atoms with Gasteiger partial charge in [-0.2, -0.15) is 5.26 Å². The second kappa shape index (κ2) is 10.6. The largest absolute Gasteiger partial charge is 0.370 e. The fourth-order valence-corrected chi connectivity index (χ4v) is 4.52. The highest BCUT2D eigenvalue weighted by Crippen LogP contribution is 2.36. The van der Waals surface area contributed by atoms with Gasteiger partial charge < -0.3 is 9.69 Å². The summed E-state index contributed by atoms with van der Waals surface area (Å²) in [5.41, 5.74) is 8.27. The van der Waals surface area contributed by atoms with E-state index in [2.05, 4.69) is 93.4 Å². The van der Waals surface area contributed by atoms with Gasteiger partial charge in [-0.3, -0.25) is 0 Å². The molecule has 3 heteroatoms. The molecule has 4 rings (SSSR count). The summed E-state index contributed by atoms with van der Waals surface area (Å²) in [5.74, 6) is -0.428. The Morgan fingerprint density at radius 3 is 2.08 bits per heavy atom. The monoisotopic (exact) mass is 472 g/mol. The van der Waals surface area contributed by atoms with Crippen molar-refractivity contribution in [2.24, 2.45) is 0 Å². The van der Waals surface area contributed by atoms with Crippen LogP contribution < -0.4 is 4.90 Å². The molecule has 1 unspecified atom stereocenters. The van der Waals surface area contributed by atoms with E-state index in [4.69, 9.17) is 0 Å². The summed E-state index contributed by atoms with van der Waals surface area (Å²) < 4.78 is 0. The predicted molar refractivity (Wildman–Crippen MR) is 148 cm³/mol. The molecule has 0 aliphatic carbocycles. The number of nitrogens with zero attached hydrogens (tertiary/aromatic N) is 2. The molecule has 0 spiro atoms. The molecule has 1 atom stereocenters. The van der Waals surface area contributed by atoms with Crippen molar-refractivity contribution < 1.29 is 4.79 Å². The first-order valence-corrected chi connectivity index (χ1v) is 12.3. The van der Waals surface area contributed by atoms with Gasteiger partial charge >= 0.3 is 0 Å². The van der Waals surface area contributed by atoms with Gasteiger partial charge in [-0.25, -0.2) is 0 Å². The molecule has 0 bridgehead atoms. The van der Waals surface area contributed by atoms with E-state index in [1.54, 1.807) is 12.1 Å². The van der Waals surface area contributed by atoms with Crippen LogP contribution in [0.15, 0.2) is 97.1 Å². The van der Waals surface area contributed by atoms with Crippen molar-refractivity contribution in [1.82, 2.24) is 0 Å². The number of hydrogen-bond donors (Lipinski definition) is 0. The molecule has 0 radical (unpaired) electrons. The van der Waals surface area contributed by atoms with Gasteiger partial charge in [0.25, 0.3) is 0 Å². The Morgan fingerprint density at radius 1 is 0.861 bits per heavy atom. The van der Waals surface area contributed by atoms with Crippen molar-refractivity contribution in [3.8, 4) is 17.2 Å². The minimum Gasteiger partial charge on any atom is -0.370 e. The van der Waals surface area contributed by atoms with Crippen LogP contribution in [0.3, 0.4) is 0 Å². The maximum Gasteiger partial charge on any atom is 0.131 e. The van der Waals surface area contributed by atoms with Gasteiger partial charge in [-0.1, -0.05) is 99.6 Å². The SMILES string of the molecule is CN(Cc1ccccc1)c1cc(-c2ccc(C(C)(C)C)cc2)ccc1C(C=O)c1ccc(C#N)cc1. The highest BCUT2D eigenvalue weighted by Gasteiger charge is 2.21. The summed E-state index contributed by atoms with van der Waals surface area (Å²) in [5, 5.41) is 9.17. The normalized spacial score (nSPS) is 12.0. The van der Waals surface area contributed by atoms with Gasteiger partial charge in [0.05, 0.1) is 17.6 Å². The second-order valence-corrected chi connectivity index (χ2v) is 10.3. The molecule has 3 nitrogen and oxygen atoms in total. The Hall–Kier alpha value is -4.16. The first kappa shape index (κ1) is 24.9. The molecule has 0 saturated carbocycles. The van der Waals surface area contributed by atoms with Crippen LogP contribution in [0, 0.1) is 11.3 Å². The number of carbonyl (C=O) groups is 1. The lowest BCUT2D eigenvalue weighted by atomic mass is 9.85. The third-order valence-corrected chi connectivity index (χ3v) is 6.66. The molecule has 0 heterocycles. The fourth-order valence-electron chi connectivity index (χ4n) is 4.52. The van der Waals surface area contributed by atoms with Crippen molar-refractivity contribution in [3.63, 3.8) is 0 Å². The minimum atomic E-state index is -0.428. The summed E-state index contributed by atoms with van der Waals surface area (Å²) in [6, 6.07) is 34.9. The zero-order chi connectivity index (χ0) is 25.7. The van der Waals surface area contributed by atoms with Crippen LogP contribution in [0.25, 0.3) is 11.1 Å².